The molecule has 0 saturated carbocycles. The van der Waals surface area contributed by atoms with Crippen LogP contribution in [0.1, 0.15) is 25.7 Å². The third-order valence-electron chi connectivity index (χ3n) is 3.90. The molecule has 17 heavy (non-hydrogen) atoms. The SMILES string of the molecule is Fc1cccc(NC2CCN3CCCCC23)n1. The highest BCUT2D eigenvalue weighted by atomic mass is 19.1. The summed E-state index contributed by atoms with van der Waals surface area (Å²) in [6.45, 7) is 2.39. The molecule has 92 valence electrons. The van der Waals surface area contributed by atoms with Crippen LogP contribution in [0.25, 0.3) is 0 Å². The topological polar surface area (TPSA) is 28.2 Å². The molecule has 1 aromatic rings. The quantitative estimate of drug-likeness (QED) is 0.797. The summed E-state index contributed by atoms with van der Waals surface area (Å²) in [5.41, 5.74) is 0. The van der Waals surface area contributed by atoms with Gasteiger partial charge in [-0.05, 0) is 37.9 Å². The molecule has 2 atom stereocenters. The van der Waals surface area contributed by atoms with Crippen LogP contribution >= 0.6 is 0 Å². The molecule has 2 fully saturated rings. The van der Waals surface area contributed by atoms with Crippen molar-refractivity contribution >= 4 is 5.82 Å². The minimum absolute atomic E-state index is 0.409. The summed E-state index contributed by atoms with van der Waals surface area (Å²) in [4.78, 5) is 6.43. The summed E-state index contributed by atoms with van der Waals surface area (Å²) in [6, 6.07) is 5.98. The van der Waals surface area contributed by atoms with Gasteiger partial charge >= 0.3 is 0 Å². The minimum atomic E-state index is -0.409. The second-order valence-electron chi connectivity index (χ2n) is 4.98. The van der Waals surface area contributed by atoms with Crippen LogP contribution in [0.15, 0.2) is 18.2 Å². The van der Waals surface area contributed by atoms with Gasteiger partial charge in [0.1, 0.15) is 5.82 Å². The molecule has 3 rings (SSSR count). The van der Waals surface area contributed by atoms with Gasteiger partial charge in [-0.1, -0.05) is 12.5 Å². The van der Waals surface area contributed by atoms with Crippen LogP contribution < -0.4 is 5.32 Å². The first kappa shape index (κ1) is 11.0. The Bertz CT molecular complexity index is 396. The van der Waals surface area contributed by atoms with E-state index in [1.165, 1.54) is 31.9 Å². The zero-order valence-corrected chi connectivity index (χ0v) is 9.90. The zero-order chi connectivity index (χ0) is 11.7. The highest BCUT2D eigenvalue weighted by Crippen LogP contribution is 2.28. The van der Waals surface area contributed by atoms with Crippen LogP contribution in [0.4, 0.5) is 10.2 Å². The van der Waals surface area contributed by atoms with Gasteiger partial charge in [0.25, 0.3) is 0 Å². The zero-order valence-electron chi connectivity index (χ0n) is 9.90. The fraction of sp³-hybridized carbons (Fsp3) is 0.615. The lowest BCUT2D eigenvalue weighted by Gasteiger charge is -2.32. The standard InChI is InChI=1S/C13H18FN3/c14-12-5-3-6-13(16-12)15-10-7-9-17-8-2-1-4-11(10)17/h3,5-6,10-11H,1-2,4,7-9H2,(H,15,16). The Kier molecular flexibility index (Phi) is 2.97. The first-order valence-corrected chi connectivity index (χ1v) is 6.46. The summed E-state index contributed by atoms with van der Waals surface area (Å²) >= 11 is 0. The van der Waals surface area contributed by atoms with Crippen molar-refractivity contribution in [3.63, 3.8) is 0 Å². The number of piperidine rings is 1. The number of fused-ring (bicyclic) bond motifs is 1. The van der Waals surface area contributed by atoms with Gasteiger partial charge < -0.3 is 5.32 Å². The van der Waals surface area contributed by atoms with Gasteiger partial charge in [-0.3, -0.25) is 4.90 Å². The van der Waals surface area contributed by atoms with Gasteiger partial charge in [0.15, 0.2) is 0 Å². The van der Waals surface area contributed by atoms with Crippen LogP contribution in [0.2, 0.25) is 0 Å². The molecule has 3 heterocycles. The average Bonchev–Trinajstić information content (AvgIpc) is 2.73. The van der Waals surface area contributed by atoms with Crippen LogP contribution in [0.5, 0.6) is 0 Å². The van der Waals surface area contributed by atoms with Crippen molar-refractivity contribution in [1.82, 2.24) is 9.88 Å². The van der Waals surface area contributed by atoms with E-state index >= 15 is 0 Å². The first-order chi connectivity index (χ1) is 8.33. The van der Waals surface area contributed by atoms with E-state index in [1.807, 2.05) is 6.07 Å². The number of anilines is 1. The molecule has 0 aliphatic carbocycles. The Morgan fingerprint density at radius 1 is 1.24 bits per heavy atom. The highest BCUT2D eigenvalue weighted by molar-refractivity contribution is 5.36. The van der Waals surface area contributed by atoms with Gasteiger partial charge in [0, 0.05) is 18.6 Å². The normalized spacial score (nSPS) is 29.0. The average molecular weight is 235 g/mol. The van der Waals surface area contributed by atoms with E-state index in [0.717, 1.165) is 13.0 Å². The third kappa shape index (κ3) is 2.27. The maximum Gasteiger partial charge on any atom is 0.214 e. The molecule has 2 aliphatic heterocycles. The number of hydrogen-bond donors (Lipinski definition) is 1. The third-order valence-corrected chi connectivity index (χ3v) is 3.90. The van der Waals surface area contributed by atoms with Crippen molar-refractivity contribution in [3.05, 3.63) is 24.1 Å². The molecule has 0 bridgehead atoms. The molecule has 4 heteroatoms. The van der Waals surface area contributed by atoms with E-state index < -0.39 is 5.95 Å². The Morgan fingerprint density at radius 3 is 3.06 bits per heavy atom. The van der Waals surface area contributed by atoms with Crippen LogP contribution in [-0.4, -0.2) is 35.1 Å². The minimum Gasteiger partial charge on any atom is -0.366 e. The number of aromatic nitrogens is 1. The van der Waals surface area contributed by atoms with Crippen LogP contribution in [0.3, 0.4) is 0 Å². The Labute approximate surface area is 101 Å². The Hall–Kier alpha value is -1.16. The first-order valence-electron chi connectivity index (χ1n) is 6.46. The van der Waals surface area contributed by atoms with Crippen LogP contribution in [0, 0.1) is 5.95 Å². The number of hydrogen-bond acceptors (Lipinski definition) is 3. The Balaban J connectivity index is 1.69. The molecule has 1 aromatic heterocycles. The van der Waals surface area contributed by atoms with Crippen molar-refractivity contribution in [1.29, 1.82) is 0 Å². The lowest BCUT2D eigenvalue weighted by atomic mass is 9.99. The van der Waals surface area contributed by atoms with Crippen molar-refractivity contribution in [2.75, 3.05) is 18.4 Å². The predicted octanol–water partition coefficient (Wildman–Crippen LogP) is 2.26. The van der Waals surface area contributed by atoms with Gasteiger partial charge in [-0.25, -0.2) is 4.98 Å². The second kappa shape index (κ2) is 4.61. The molecule has 0 spiro atoms. The lowest BCUT2D eigenvalue weighted by Crippen LogP contribution is -2.41. The summed E-state index contributed by atoms with van der Waals surface area (Å²) in [5.74, 6) is 0.260. The Morgan fingerprint density at radius 2 is 2.18 bits per heavy atom. The van der Waals surface area contributed by atoms with Crippen molar-refractivity contribution in [2.24, 2.45) is 0 Å². The molecule has 3 nitrogen and oxygen atoms in total. The fourth-order valence-corrected chi connectivity index (χ4v) is 3.09. The van der Waals surface area contributed by atoms with E-state index in [0.29, 0.717) is 17.9 Å². The van der Waals surface area contributed by atoms with Gasteiger partial charge in [-0.15, -0.1) is 0 Å². The number of rotatable bonds is 2. The van der Waals surface area contributed by atoms with E-state index in [1.54, 1.807) is 6.07 Å². The molecule has 0 aromatic carbocycles. The van der Waals surface area contributed by atoms with E-state index in [4.69, 9.17) is 0 Å². The lowest BCUT2D eigenvalue weighted by molar-refractivity contribution is 0.192. The molecular weight excluding hydrogens is 217 g/mol. The summed E-state index contributed by atoms with van der Waals surface area (Å²) in [6.07, 6.45) is 5.03. The van der Waals surface area contributed by atoms with E-state index in [2.05, 4.69) is 15.2 Å². The number of pyridine rings is 1. The smallest absolute Gasteiger partial charge is 0.214 e. The molecule has 0 amide bonds. The number of nitrogens with one attached hydrogen (secondary N) is 1. The maximum absolute atomic E-state index is 13.0. The van der Waals surface area contributed by atoms with E-state index in [-0.39, 0.29) is 0 Å². The monoisotopic (exact) mass is 235 g/mol. The summed E-state index contributed by atoms with van der Waals surface area (Å²) in [7, 11) is 0. The maximum atomic E-state index is 13.0. The van der Waals surface area contributed by atoms with E-state index in [9.17, 15) is 4.39 Å². The van der Waals surface area contributed by atoms with Gasteiger partial charge in [0.05, 0.1) is 0 Å². The molecule has 2 aliphatic rings. The van der Waals surface area contributed by atoms with Crippen LogP contribution in [-0.2, 0) is 0 Å². The highest BCUT2D eigenvalue weighted by Gasteiger charge is 2.35. The predicted molar refractivity (Wildman–Crippen MR) is 65.4 cm³/mol. The van der Waals surface area contributed by atoms with Gasteiger partial charge in [-0.2, -0.15) is 4.39 Å². The number of halogens is 1. The van der Waals surface area contributed by atoms with Crippen molar-refractivity contribution < 1.29 is 4.39 Å². The molecular formula is C13H18FN3. The second-order valence-corrected chi connectivity index (χ2v) is 4.98. The number of nitrogens with zero attached hydrogens (tertiary/aromatic N) is 2. The molecule has 1 N–H and O–H groups in total. The fourth-order valence-electron chi connectivity index (χ4n) is 3.09. The van der Waals surface area contributed by atoms with Crippen molar-refractivity contribution in [3.8, 4) is 0 Å². The summed E-state index contributed by atoms with van der Waals surface area (Å²) < 4.78 is 13.0. The molecule has 2 unspecified atom stereocenters. The molecule has 2 saturated heterocycles. The largest absolute Gasteiger partial charge is 0.366 e. The summed E-state index contributed by atoms with van der Waals surface area (Å²) in [5, 5.41) is 3.39. The van der Waals surface area contributed by atoms with Gasteiger partial charge in [0.2, 0.25) is 5.95 Å². The molecule has 0 radical (unpaired) electrons. The van der Waals surface area contributed by atoms with Crippen molar-refractivity contribution in [2.45, 2.75) is 37.8 Å².